The van der Waals surface area contributed by atoms with Crippen molar-refractivity contribution in [1.82, 2.24) is 0 Å². The Morgan fingerprint density at radius 3 is 2.38 bits per heavy atom. The molecule has 21 heavy (non-hydrogen) atoms. The predicted octanol–water partition coefficient (Wildman–Crippen LogP) is 5.37. The maximum atomic E-state index is 13.3. The van der Waals surface area contributed by atoms with Crippen molar-refractivity contribution in [2.24, 2.45) is 0 Å². The Morgan fingerprint density at radius 1 is 1.10 bits per heavy atom. The molecular weight excluding hydrogens is 326 g/mol. The standard InChI is InChI=1S/C14H10ClF4NS/c15-10-3-1-8(5-11(10)16)7-21-13-4-2-9(6-12(13)20)14(17,18)19/h1-6H,7,20H2. The van der Waals surface area contributed by atoms with Gasteiger partial charge in [-0.05, 0) is 35.9 Å². The van der Waals surface area contributed by atoms with Gasteiger partial charge in [-0.15, -0.1) is 11.8 Å². The van der Waals surface area contributed by atoms with Crippen molar-refractivity contribution in [2.75, 3.05) is 5.73 Å². The third-order valence-electron chi connectivity index (χ3n) is 2.72. The van der Waals surface area contributed by atoms with Crippen molar-refractivity contribution in [3.8, 4) is 0 Å². The fourth-order valence-electron chi connectivity index (χ4n) is 1.65. The van der Waals surface area contributed by atoms with E-state index in [0.717, 1.165) is 12.1 Å². The van der Waals surface area contributed by atoms with Crippen LogP contribution in [0.4, 0.5) is 23.2 Å². The van der Waals surface area contributed by atoms with E-state index in [0.29, 0.717) is 16.2 Å². The molecule has 0 fully saturated rings. The van der Waals surface area contributed by atoms with Gasteiger partial charge in [0.2, 0.25) is 0 Å². The van der Waals surface area contributed by atoms with Gasteiger partial charge in [-0.1, -0.05) is 17.7 Å². The first-order valence-corrected chi connectivity index (χ1v) is 7.17. The fourth-order valence-corrected chi connectivity index (χ4v) is 2.66. The molecule has 0 saturated heterocycles. The van der Waals surface area contributed by atoms with E-state index in [-0.39, 0.29) is 10.7 Å². The van der Waals surface area contributed by atoms with E-state index < -0.39 is 17.6 Å². The first-order valence-electron chi connectivity index (χ1n) is 5.81. The Morgan fingerprint density at radius 2 is 1.81 bits per heavy atom. The molecular formula is C14H10ClF4NS. The van der Waals surface area contributed by atoms with Crippen LogP contribution in [0.5, 0.6) is 0 Å². The molecule has 0 amide bonds. The van der Waals surface area contributed by atoms with Gasteiger partial charge in [0.15, 0.2) is 0 Å². The fraction of sp³-hybridized carbons (Fsp3) is 0.143. The van der Waals surface area contributed by atoms with Crippen molar-refractivity contribution in [3.63, 3.8) is 0 Å². The van der Waals surface area contributed by atoms with Gasteiger partial charge >= 0.3 is 6.18 Å². The molecule has 0 heterocycles. The lowest BCUT2D eigenvalue weighted by atomic mass is 10.2. The van der Waals surface area contributed by atoms with Crippen molar-refractivity contribution in [2.45, 2.75) is 16.8 Å². The highest BCUT2D eigenvalue weighted by atomic mass is 35.5. The van der Waals surface area contributed by atoms with Gasteiger partial charge in [0, 0.05) is 16.3 Å². The van der Waals surface area contributed by atoms with Crippen molar-refractivity contribution in [1.29, 1.82) is 0 Å². The molecule has 2 N–H and O–H groups in total. The topological polar surface area (TPSA) is 26.0 Å². The van der Waals surface area contributed by atoms with Crippen LogP contribution >= 0.6 is 23.4 Å². The first-order chi connectivity index (χ1) is 9.77. The predicted molar refractivity (Wildman–Crippen MR) is 76.8 cm³/mol. The Kier molecular flexibility index (Phi) is 4.68. The maximum absolute atomic E-state index is 13.3. The highest BCUT2D eigenvalue weighted by molar-refractivity contribution is 7.98. The lowest BCUT2D eigenvalue weighted by Gasteiger charge is -2.10. The van der Waals surface area contributed by atoms with Crippen LogP contribution < -0.4 is 5.73 Å². The van der Waals surface area contributed by atoms with Gasteiger partial charge in [-0.25, -0.2) is 4.39 Å². The monoisotopic (exact) mass is 335 g/mol. The molecule has 0 bridgehead atoms. The third-order valence-corrected chi connectivity index (χ3v) is 4.18. The number of nitrogen functional groups attached to an aromatic ring is 1. The molecule has 0 atom stereocenters. The second-order valence-electron chi connectivity index (χ2n) is 4.29. The summed E-state index contributed by atoms with van der Waals surface area (Å²) in [6, 6.07) is 7.55. The van der Waals surface area contributed by atoms with E-state index in [9.17, 15) is 17.6 Å². The number of alkyl halides is 3. The average molecular weight is 336 g/mol. The Hall–Kier alpha value is -1.40. The summed E-state index contributed by atoms with van der Waals surface area (Å²) in [7, 11) is 0. The lowest BCUT2D eigenvalue weighted by molar-refractivity contribution is -0.137. The average Bonchev–Trinajstić information content (AvgIpc) is 2.40. The molecule has 2 aromatic rings. The highest BCUT2D eigenvalue weighted by Gasteiger charge is 2.30. The Labute approximate surface area is 128 Å². The number of benzene rings is 2. The van der Waals surface area contributed by atoms with Crippen molar-refractivity contribution >= 4 is 29.1 Å². The van der Waals surface area contributed by atoms with Crippen LogP contribution in [0.2, 0.25) is 5.02 Å². The second-order valence-corrected chi connectivity index (χ2v) is 5.71. The van der Waals surface area contributed by atoms with Gasteiger partial charge in [-0.3, -0.25) is 0 Å². The van der Waals surface area contributed by atoms with Crippen LogP contribution in [0.3, 0.4) is 0 Å². The summed E-state index contributed by atoms with van der Waals surface area (Å²) < 4.78 is 50.8. The molecule has 0 aliphatic carbocycles. The first kappa shape index (κ1) is 16.0. The van der Waals surface area contributed by atoms with E-state index in [1.54, 1.807) is 6.07 Å². The SMILES string of the molecule is Nc1cc(C(F)(F)F)ccc1SCc1ccc(Cl)c(F)c1. The molecule has 0 saturated carbocycles. The van der Waals surface area contributed by atoms with Gasteiger partial charge in [-0.2, -0.15) is 13.2 Å². The lowest BCUT2D eigenvalue weighted by Crippen LogP contribution is -2.05. The van der Waals surface area contributed by atoms with E-state index in [1.165, 1.54) is 30.0 Å². The minimum Gasteiger partial charge on any atom is -0.398 e. The molecule has 0 aliphatic heterocycles. The van der Waals surface area contributed by atoms with Crippen LogP contribution in [0.15, 0.2) is 41.3 Å². The summed E-state index contributed by atoms with van der Waals surface area (Å²) in [5, 5.41) is 0.0257. The Bertz CT molecular complexity index is 658. The van der Waals surface area contributed by atoms with E-state index in [2.05, 4.69) is 0 Å². The summed E-state index contributed by atoms with van der Waals surface area (Å²) in [4.78, 5) is 0.512. The third kappa shape index (κ3) is 4.04. The van der Waals surface area contributed by atoms with Crippen LogP contribution in [-0.2, 0) is 11.9 Å². The minimum atomic E-state index is -4.42. The number of halogens is 5. The molecule has 0 aromatic heterocycles. The zero-order chi connectivity index (χ0) is 15.6. The second kappa shape index (κ2) is 6.15. The van der Waals surface area contributed by atoms with Gasteiger partial charge < -0.3 is 5.73 Å². The normalized spacial score (nSPS) is 11.7. The highest BCUT2D eigenvalue weighted by Crippen LogP contribution is 2.35. The van der Waals surface area contributed by atoms with Gasteiger partial charge in [0.1, 0.15) is 5.82 Å². The minimum absolute atomic E-state index is 0.0257. The van der Waals surface area contributed by atoms with Gasteiger partial charge in [0.25, 0.3) is 0 Å². The molecule has 0 aliphatic rings. The maximum Gasteiger partial charge on any atom is 0.416 e. The smallest absolute Gasteiger partial charge is 0.398 e. The van der Waals surface area contributed by atoms with Crippen LogP contribution in [0, 0.1) is 5.82 Å². The summed E-state index contributed by atoms with van der Waals surface area (Å²) in [5.74, 6) is -0.154. The Balaban J connectivity index is 2.11. The molecule has 0 radical (unpaired) electrons. The van der Waals surface area contributed by atoms with Crippen LogP contribution in [0.1, 0.15) is 11.1 Å². The quantitative estimate of drug-likeness (QED) is 0.463. The number of hydrogen-bond acceptors (Lipinski definition) is 2. The van der Waals surface area contributed by atoms with Crippen LogP contribution in [0.25, 0.3) is 0 Å². The number of nitrogens with two attached hydrogens (primary N) is 1. The van der Waals surface area contributed by atoms with E-state index in [4.69, 9.17) is 17.3 Å². The number of hydrogen-bond donors (Lipinski definition) is 1. The number of rotatable bonds is 3. The molecule has 0 unspecified atom stereocenters. The zero-order valence-electron chi connectivity index (χ0n) is 10.5. The molecule has 7 heteroatoms. The molecule has 112 valence electrons. The van der Waals surface area contributed by atoms with Crippen LogP contribution in [-0.4, -0.2) is 0 Å². The molecule has 2 rings (SSSR count). The van der Waals surface area contributed by atoms with E-state index in [1.807, 2.05) is 0 Å². The summed E-state index contributed by atoms with van der Waals surface area (Å²) >= 11 is 6.81. The molecule has 2 aromatic carbocycles. The van der Waals surface area contributed by atoms with Crippen molar-refractivity contribution < 1.29 is 17.6 Å². The number of thioether (sulfide) groups is 1. The van der Waals surface area contributed by atoms with Gasteiger partial charge in [0.05, 0.1) is 10.6 Å². The summed E-state index contributed by atoms with van der Waals surface area (Å²) in [5.41, 5.74) is 5.54. The summed E-state index contributed by atoms with van der Waals surface area (Å²) in [6.07, 6.45) is -4.42. The van der Waals surface area contributed by atoms with Crippen molar-refractivity contribution in [3.05, 3.63) is 58.4 Å². The summed E-state index contributed by atoms with van der Waals surface area (Å²) in [6.45, 7) is 0. The molecule has 1 nitrogen and oxygen atoms in total. The molecule has 0 spiro atoms. The van der Waals surface area contributed by atoms with E-state index >= 15 is 0 Å². The zero-order valence-corrected chi connectivity index (χ0v) is 12.1. The number of anilines is 1. The largest absolute Gasteiger partial charge is 0.416 e.